The highest BCUT2D eigenvalue weighted by molar-refractivity contribution is 6.39. The number of aromatic nitrogens is 1. The Hall–Kier alpha value is -4.74. The van der Waals surface area contributed by atoms with Crippen LogP contribution in [0.15, 0.2) is 72.8 Å². The second-order valence-electron chi connectivity index (χ2n) is 11.0. The van der Waals surface area contributed by atoms with E-state index in [4.69, 9.17) is 23.2 Å². The summed E-state index contributed by atoms with van der Waals surface area (Å²) in [5, 5.41) is 11.7. The topological polar surface area (TPSA) is 149 Å². The van der Waals surface area contributed by atoms with Crippen LogP contribution in [0.3, 0.4) is 0 Å². The molecule has 0 saturated carbocycles. The van der Waals surface area contributed by atoms with Crippen LogP contribution in [0.5, 0.6) is 0 Å². The summed E-state index contributed by atoms with van der Waals surface area (Å²) in [4.78, 5) is 68.8. The third kappa shape index (κ3) is 8.09. The van der Waals surface area contributed by atoms with E-state index in [2.05, 4.69) is 26.3 Å². The summed E-state index contributed by atoms with van der Waals surface area (Å²) < 4.78 is 14.1. The molecule has 46 heavy (non-hydrogen) atoms. The SMILES string of the molecule is O=C(NCc1ccccc1)C(=O)C(C[C@@H]1CCNC1=O)NC(=O)[C@H](Cc1cccc(F)c1)NC(=O)c1cc2c(Cl)cc(Cl)cc2[nH]1. The molecule has 1 aliphatic heterocycles. The first-order valence-corrected chi connectivity index (χ1v) is 15.3. The average molecular weight is 667 g/mol. The van der Waals surface area contributed by atoms with Gasteiger partial charge in [0, 0.05) is 41.4 Å². The van der Waals surface area contributed by atoms with Crippen molar-refractivity contribution in [2.24, 2.45) is 5.92 Å². The lowest BCUT2D eigenvalue weighted by molar-refractivity contribution is -0.141. The molecule has 1 aliphatic rings. The molecule has 4 amide bonds. The normalized spacial score (nSPS) is 15.5. The highest BCUT2D eigenvalue weighted by Crippen LogP contribution is 2.28. The van der Waals surface area contributed by atoms with E-state index in [1.807, 2.05) is 6.07 Å². The Morgan fingerprint density at radius 3 is 2.39 bits per heavy atom. The van der Waals surface area contributed by atoms with E-state index < -0.39 is 47.3 Å². The van der Waals surface area contributed by atoms with E-state index in [9.17, 15) is 28.4 Å². The molecule has 10 nitrogen and oxygen atoms in total. The quantitative estimate of drug-likeness (QED) is 0.146. The minimum atomic E-state index is -1.38. The molecule has 4 aromatic rings. The predicted molar refractivity (Wildman–Crippen MR) is 171 cm³/mol. The van der Waals surface area contributed by atoms with Gasteiger partial charge in [0.25, 0.3) is 11.8 Å². The van der Waals surface area contributed by atoms with Gasteiger partial charge in [-0.15, -0.1) is 0 Å². The molecule has 2 heterocycles. The fraction of sp³-hybridized carbons (Fsp3) is 0.242. The molecule has 3 aromatic carbocycles. The predicted octanol–water partition coefficient (Wildman–Crippen LogP) is 3.85. The summed E-state index contributed by atoms with van der Waals surface area (Å²) in [6.07, 6.45) is 0.144. The number of amides is 4. The fourth-order valence-electron chi connectivity index (χ4n) is 5.31. The van der Waals surface area contributed by atoms with E-state index in [1.54, 1.807) is 36.4 Å². The standard InChI is InChI=1S/C33H30Cl2FN5O5/c34-21-14-24(35)23-16-28(39-25(23)15-21)32(45)41-27(12-19-7-4-8-22(36)11-19)31(44)40-26(13-20-9-10-37-30(20)43)29(42)33(46)38-17-18-5-2-1-3-6-18/h1-8,11,14-16,20,26-27,39H,9-10,12-13,17H2,(H,37,43)(H,38,46)(H,40,44)(H,41,45)/t20-,26?,27-/m0/s1. The van der Waals surface area contributed by atoms with Crippen LogP contribution in [0.1, 0.15) is 34.5 Å². The maximum absolute atomic E-state index is 14.1. The zero-order valence-corrected chi connectivity index (χ0v) is 25.9. The van der Waals surface area contributed by atoms with Gasteiger partial charge in [-0.05, 0) is 54.3 Å². The smallest absolute Gasteiger partial charge is 0.289 e. The van der Waals surface area contributed by atoms with Gasteiger partial charge in [-0.2, -0.15) is 0 Å². The van der Waals surface area contributed by atoms with Crippen LogP contribution >= 0.6 is 23.2 Å². The van der Waals surface area contributed by atoms with Gasteiger partial charge in [-0.25, -0.2) is 4.39 Å². The number of Topliss-reactive ketones (excluding diaryl/α,β-unsaturated/α-hetero) is 1. The summed E-state index contributed by atoms with van der Waals surface area (Å²) in [7, 11) is 0. The van der Waals surface area contributed by atoms with Crippen LogP contribution in [0, 0.1) is 11.7 Å². The number of carbonyl (C=O) groups is 5. The maximum Gasteiger partial charge on any atom is 0.289 e. The maximum atomic E-state index is 14.1. The van der Waals surface area contributed by atoms with Crippen molar-refractivity contribution in [1.82, 2.24) is 26.3 Å². The molecule has 5 rings (SSSR count). The van der Waals surface area contributed by atoms with Crippen molar-refractivity contribution >= 4 is 63.5 Å². The monoisotopic (exact) mass is 665 g/mol. The highest BCUT2D eigenvalue weighted by Gasteiger charge is 2.35. The molecule has 13 heteroatoms. The summed E-state index contributed by atoms with van der Waals surface area (Å²) in [5.41, 5.74) is 1.73. The summed E-state index contributed by atoms with van der Waals surface area (Å²) >= 11 is 12.4. The van der Waals surface area contributed by atoms with Gasteiger partial charge in [-0.3, -0.25) is 24.0 Å². The van der Waals surface area contributed by atoms with Gasteiger partial charge in [0.05, 0.1) is 11.1 Å². The third-order valence-corrected chi connectivity index (χ3v) is 8.21. The molecule has 1 fully saturated rings. The van der Waals surface area contributed by atoms with E-state index in [1.165, 1.54) is 30.3 Å². The molecule has 238 valence electrons. The van der Waals surface area contributed by atoms with Crippen LogP contribution in [-0.2, 0) is 32.1 Å². The number of rotatable bonds is 12. The van der Waals surface area contributed by atoms with Crippen LogP contribution < -0.4 is 21.3 Å². The van der Waals surface area contributed by atoms with E-state index in [-0.39, 0.29) is 31.0 Å². The zero-order chi connectivity index (χ0) is 32.8. The molecular formula is C33H30Cl2FN5O5. The molecule has 3 atom stereocenters. The zero-order valence-electron chi connectivity index (χ0n) is 24.4. The van der Waals surface area contributed by atoms with Crippen molar-refractivity contribution in [1.29, 1.82) is 0 Å². The molecular weight excluding hydrogens is 636 g/mol. The molecule has 5 N–H and O–H groups in total. The van der Waals surface area contributed by atoms with Crippen molar-refractivity contribution in [3.05, 3.63) is 105 Å². The fourth-order valence-corrected chi connectivity index (χ4v) is 5.86. The number of nitrogens with one attached hydrogen (secondary N) is 5. The minimum absolute atomic E-state index is 0.0757. The van der Waals surface area contributed by atoms with Crippen molar-refractivity contribution in [3.8, 4) is 0 Å². The number of H-pyrrole nitrogens is 1. The van der Waals surface area contributed by atoms with Crippen molar-refractivity contribution in [3.63, 3.8) is 0 Å². The Balaban J connectivity index is 1.38. The number of hydrogen-bond acceptors (Lipinski definition) is 5. The van der Waals surface area contributed by atoms with Crippen LogP contribution in [0.2, 0.25) is 10.0 Å². The third-order valence-electron chi connectivity index (χ3n) is 7.68. The number of benzene rings is 3. The van der Waals surface area contributed by atoms with Gasteiger partial charge in [0.1, 0.15) is 17.6 Å². The van der Waals surface area contributed by atoms with E-state index in [0.717, 1.165) is 5.56 Å². The number of halogens is 3. The molecule has 0 bridgehead atoms. The first-order valence-electron chi connectivity index (χ1n) is 14.5. The Bertz CT molecular complexity index is 1800. The van der Waals surface area contributed by atoms with Crippen molar-refractivity contribution in [2.75, 3.05) is 6.54 Å². The molecule has 0 radical (unpaired) electrons. The number of carbonyl (C=O) groups excluding carboxylic acids is 5. The summed E-state index contributed by atoms with van der Waals surface area (Å²) in [5.74, 6) is -4.82. The number of ketones is 1. The first-order chi connectivity index (χ1) is 22.1. The Morgan fingerprint density at radius 2 is 1.67 bits per heavy atom. The summed E-state index contributed by atoms with van der Waals surface area (Å²) in [6.45, 7) is 0.477. The van der Waals surface area contributed by atoms with Crippen molar-refractivity contribution < 1.29 is 28.4 Å². The lowest BCUT2D eigenvalue weighted by Crippen LogP contribution is -2.55. The van der Waals surface area contributed by atoms with Gasteiger partial charge in [0.2, 0.25) is 17.6 Å². The van der Waals surface area contributed by atoms with Crippen LogP contribution in [-0.4, -0.2) is 53.0 Å². The summed E-state index contributed by atoms with van der Waals surface area (Å²) in [6, 6.07) is 16.4. The lowest BCUT2D eigenvalue weighted by Gasteiger charge is -2.24. The van der Waals surface area contributed by atoms with E-state index >= 15 is 0 Å². The molecule has 1 unspecified atom stereocenters. The van der Waals surface area contributed by atoms with Gasteiger partial charge in [0.15, 0.2) is 0 Å². The Kier molecular flexibility index (Phi) is 10.3. The van der Waals surface area contributed by atoms with Gasteiger partial charge >= 0.3 is 0 Å². The largest absolute Gasteiger partial charge is 0.356 e. The number of fused-ring (bicyclic) bond motifs is 1. The second-order valence-corrected chi connectivity index (χ2v) is 11.8. The van der Waals surface area contributed by atoms with Crippen molar-refractivity contribution in [2.45, 2.75) is 37.9 Å². The first kappa shape index (κ1) is 32.6. The van der Waals surface area contributed by atoms with Gasteiger partial charge in [-0.1, -0.05) is 65.7 Å². The number of aromatic amines is 1. The molecule has 0 spiro atoms. The van der Waals surface area contributed by atoms with Crippen LogP contribution in [0.4, 0.5) is 4.39 Å². The Morgan fingerprint density at radius 1 is 0.913 bits per heavy atom. The molecule has 1 saturated heterocycles. The Labute approximate surface area is 273 Å². The lowest BCUT2D eigenvalue weighted by atomic mass is 9.94. The minimum Gasteiger partial charge on any atom is -0.356 e. The average Bonchev–Trinajstić information content (AvgIpc) is 3.65. The number of hydrogen-bond donors (Lipinski definition) is 5. The highest BCUT2D eigenvalue weighted by atomic mass is 35.5. The second kappa shape index (κ2) is 14.6. The molecule has 0 aliphatic carbocycles. The van der Waals surface area contributed by atoms with Crippen LogP contribution in [0.25, 0.3) is 10.9 Å². The van der Waals surface area contributed by atoms with E-state index in [0.29, 0.717) is 39.5 Å². The van der Waals surface area contributed by atoms with Gasteiger partial charge < -0.3 is 26.3 Å². The molecule has 1 aromatic heterocycles.